The summed E-state index contributed by atoms with van der Waals surface area (Å²) in [5.74, 6) is -3.49. The van der Waals surface area contributed by atoms with Crippen molar-refractivity contribution in [3.8, 4) is 5.75 Å². The molecule has 1 N–H and O–H groups in total. The fraction of sp³-hybridized carbons (Fsp3) is 0.538. The van der Waals surface area contributed by atoms with Gasteiger partial charge in [-0.15, -0.1) is 0 Å². The van der Waals surface area contributed by atoms with Crippen LogP contribution in [0.15, 0.2) is 6.07 Å². The zero-order chi connectivity index (χ0) is 13.1. The molecule has 0 spiro atoms. The lowest BCUT2D eigenvalue weighted by Crippen LogP contribution is -2.31. The first-order chi connectivity index (χ1) is 8.63. The normalized spacial score (nSPS) is 19.9. The van der Waals surface area contributed by atoms with E-state index in [1.54, 1.807) is 0 Å². The molecule has 1 aliphatic heterocycles. The van der Waals surface area contributed by atoms with Gasteiger partial charge in [0, 0.05) is 0 Å². The maximum atomic E-state index is 13.9. The number of ether oxygens (including phenoxy) is 1. The van der Waals surface area contributed by atoms with Gasteiger partial charge < -0.3 is 10.1 Å². The van der Waals surface area contributed by atoms with Gasteiger partial charge in [-0.1, -0.05) is 0 Å². The number of hydrogen-bond acceptors (Lipinski definition) is 2. The maximum absolute atomic E-state index is 13.9. The number of halogens is 3. The van der Waals surface area contributed by atoms with Crippen molar-refractivity contribution >= 4 is 0 Å². The van der Waals surface area contributed by atoms with Crippen molar-refractivity contribution in [2.24, 2.45) is 5.92 Å². The van der Waals surface area contributed by atoms with Gasteiger partial charge in [0.25, 0.3) is 0 Å². The highest BCUT2D eigenvalue weighted by molar-refractivity contribution is 5.34. The predicted octanol–water partition coefficient (Wildman–Crippen LogP) is 2.65. The van der Waals surface area contributed by atoms with Crippen LogP contribution in [0.5, 0.6) is 5.75 Å². The molecule has 1 aromatic carbocycles. The second-order valence-electron chi connectivity index (χ2n) is 4.60. The van der Waals surface area contributed by atoms with E-state index >= 15 is 0 Å². The van der Waals surface area contributed by atoms with Gasteiger partial charge in [-0.2, -0.15) is 4.39 Å². The quantitative estimate of drug-likeness (QED) is 0.843. The first-order valence-electron chi connectivity index (χ1n) is 6.04. The van der Waals surface area contributed by atoms with Crippen molar-refractivity contribution < 1.29 is 17.9 Å². The number of hydrogen-bond donors (Lipinski definition) is 1. The molecule has 0 aromatic heterocycles. The minimum absolute atomic E-state index is 0.180. The summed E-state index contributed by atoms with van der Waals surface area (Å²) in [7, 11) is 1.13. The van der Waals surface area contributed by atoms with Crippen LogP contribution in [0.25, 0.3) is 0 Å². The summed E-state index contributed by atoms with van der Waals surface area (Å²) in [6.45, 7) is 1.74. The van der Waals surface area contributed by atoms with Gasteiger partial charge >= 0.3 is 0 Å². The fourth-order valence-corrected chi connectivity index (χ4v) is 2.37. The molecule has 18 heavy (non-hydrogen) atoms. The smallest absolute Gasteiger partial charge is 0.203 e. The van der Waals surface area contributed by atoms with Crippen LogP contribution >= 0.6 is 0 Å². The zero-order valence-electron chi connectivity index (χ0n) is 10.2. The topological polar surface area (TPSA) is 21.3 Å². The van der Waals surface area contributed by atoms with E-state index in [1.165, 1.54) is 0 Å². The van der Waals surface area contributed by atoms with E-state index in [2.05, 4.69) is 10.1 Å². The Labute approximate surface area is 104 Å². The van der Waals surface area contributed by atoms with Crippen molar-refractivity contribution in [3.63, 3.8) is 0 Å². The molecule has 1 aromatic rings. The molecule has 1 unspecified atom stereocenters. The van der Waals surface area contributed by atoms with E-state index in [9.17, 15) is 13.2 Å². The lowest BCUT2D eigenvalue weighted by Gasteiger charge is -2.23. The minimum atomic E-state index is -1.26. The monoisotopic (exact) mass is 259 g/mol. The number of rotatable bonds is 3. The first-order valence-corrected chi connectivity index (χ1v) is 6.04. The molecular weight excluding hydrogens is 243 g/mol. The van der Waals surface area contributed by atoms with Gasteiger partial charge in [-0.25, -0.2) is 8.78 Å². The van der Waals surface area contributed by atoms with Crippen LogP contribution < -0.4 is 10.1 Å². The van der Waals surface area contributed by atoms with Crippen LogP contribution in [-0.4, -0.2) is 20.2 Å². The number of methoxy groups -OCH3 is 1. The largest absolute Gasteiger partial charge is 0.491 e. The lowest BCUT2D eigenvalue weighted by molar-refractivity contribution is 0.336. The molecule has 1 saturated heterocycles. The van der Waals surface area contributed by atoms with Crippen molar-refractivity contribution in [3.05, 3.63) is 29.1 Å². The summed E-state index contributed by atoms with van der Waals surface area (Å²) in [5.41, 5.74) is 0.180. The number of benzene rings is 1. The molecule has 0 bridgehead atoms. The molecule has 1 heterocycles. The Morgan fingerprint density at radius 1 is 1.33 bits per heavy atom. The van der Waals surface area contributed by atoms with Crippen molar-refractivity contribution in [1.29, 1.82) is 0 Å². The van der Waals surface area contributed by atoms with Gasteiger partial charge in [0.05, 0.1) is 7.11 Å². The van der Waals surface area contributed by atoms with Crippen LogP contribution in [0.1, 0.15) is 18.4 Å². The molecule has 2 rings (SSSR count). The maximum Gasteiger partial charge on any atom is 0.203 e. The average molecular weight is 259 g/mol. The molecule has 0 saturated carbocycles. The third-order valence-corrected chi connectivity index (χ3v) is 3.30. The Morgan fingerprint density at radius 3 is 2.72 bits per heavy atom. The van der Waals surface area contributed by atoms with Gasteiger partial charge in [-0.3, -0.25) is 0 Å². The van der Waals surface area contributed by atoms with Crippen LogP contribution in [0, 0.1) is 23.4 Å². The molecule has 1 fully saturated rings. The Bertz CT molecular complexity index is 431. The van der Waals surface area contributed by atoms with E-state index in [0.717, 1.165) is 39.1 Å². The summed E-state index contributed by atoms with van der Waals surface area (Å²) in [4.78, 5) is 0. The van der Waals surface area contributed by atoms with E-state index in [4.69, 9.17) is 0 Å². The summed E-state index contributed by atoms with van der Waals surface area (Å²) in [6.07, 6.45) is 2.38. The molecule has 0 radical (unpaired) electrons. The molecule has 1 atom stereocenters. The highest BCUT2D eigenvalue weighted by Crippen LogP contribution is 2.29. The number of piperidine rings is 1. The summed E-state index contributed by atoms with van der Waals surface area (Å²) in [5, 5.41) is 3.21. The van der Waals surface area contributed by atoms with Gasteiger partial charge in [0.15, 0.2) is 17.4 Å². The Hall–Kier alpha value is -1.23. The van der Waals surface area contributed by atoms with Crippen LogP contribution in [0.4, 0.5) is 13.2 Å². The van der Waals surface area contributed by atoms with Crippen molar-refractivity contribution in [1.82, 2.24) is 5.32 Å². The summed E-state index contributed by atoms with van der Waals surface area (Å²) >= 11 is 0. The van der Waals surface area contributed by atoms with E-state index in [-0.39, 0.29) is 11.5 Å². The Morgan fingerprint density at radius 2 is 2.11 bits per heavy atom. The zero-order valence-corrected chi connectivity index (χ0v) is 10.2. The van der Waals surface area contributed by atoms with E-state index < -0.39 is 23.2 Å². The molecule has 5 heteroatoms. The van der Waals surface area contributed by atoms with Gasteiger partial charge in [0.2, 0.25) is 5.82 Å². The molecular formula is C13H16F3NO. The molecule has 1 aliphatic rings. The molecule has 100 valence electrons. The highest BCUT2D eigenvalue weighted by atomic mass is 19.2. The minimum Gasteiger partial charge on any atom is -0.491 e. The fourth-order valence-electron chi connectivity index (χ4n) is 2.37. The molecule has 0 amide bonds. The van der Waals surface area contributed by atoms with Crippen LogP contribution in [0.2, 0.25) is 0 Å². The van der Waals surface area contributed by atoms with E-state index in [0.29, 0.717) is 6.42 Å². The van der Waals surface area contributed by atoms with Gasteiger partial charge in [-0.05, 0) is 49.9 Å². The predicted molar refractivity (Wildman–Crippen MR) is 62.2 cm³/mol. The molecule has 0 aliphatic carbocycles. The SMILES string of the molecule is COc1c(F)c(F)cc(CC2CCCNC2)c1F. The second-order valence-corrected chi connectivity index (χ2v) is 4.60. The second kappa shape index (κ2) is 5.61. The van der Waals surface area contributed by atoms with Crippen LogP contribution in [-0.2, 0) is 6.42 Å². The summed E-state index contributed by atoms with van der Waals surface area (Å²) < 4.78 is 45.1. The third-order valence-electron chi connectivity index (χ3n) is 3.30. The van der Waals surface area contributed by atoms with Crippen molar-refractivity contribution in [2.75, 3.05) is 20.2 Å². The average Bonchev–Trinajstić information content (AvgIpc) is 2.38. The van der Waals surface area contributed by atoms with Crippen LogP contribution in [0.3, 0.4) is 0 Å². The highest BCUT2D eigenvalue weighted by Gasteiger charge is 2.22. The first kappa shape index (κ1) is 13.2. The molecule has 2 nitrogen and oxygen atoms in total. The third kappa shape index (κ3) is 2.61. The van der Waals surface area contributed by atoms with Crippen molar-refractivity contribution in [2.45, 2.75) is 19.3 Å². The number of nitrogens with one attached hydrogen (secondary N) is 1. The lowest BCUT2D eigenvalue weighted by atomic mass is 9.92. The van der Waals surface area contributed by atoms with Gasteiger partial charge in [0.1, 0.15) is 0 Å². The Kier molecular flexibility index (Phi) is 4.11. The standard InChI is InChI=1S/C13H16F3NO/c1-18-13-11(15)9(6-10(14)12(13)16)5-8-3-2-4-17-7-8/h6,8,17H,2-5,7H2,1H3. The summed E-state index contributed by atoms with van der Waals surface area (Å²) in [6, 6.07) is 0.932. The Balaban J connectivity index is 2.24. The van der Waals surface area contributed by atoms with E-state index in [1.807, 2.05) is 0 Å².